The van der Waals surface area contributed by atoms with E-state index in [1.54, 1.807) is 24.3 Å². The summed E-state index contributed by atoms with van der Waals surface area (Å²) in [4.78, 5) is 34.7. The van der Waals surface area contributed by atoms with Crippen molar-refractivity contribution in [2.24, 2.45) is 0 Å². The Balaban J connectivity index is 1.28. The molecule has 39 heavy (non-hydrogen) atoms. The minimum atomic E-state index is -0.557. The van der Waals surface area contributed by atoms with Crippen molar-refractivity contribution in [1.82, 2.24) is 24.4 Å². The Morgan fingerprint density at radius 1 is 1.05 bits per heavy atom. The van der Waals surface area contributed by atoms with Gasteiger partial charge in [-0.15, -0.1) is 0 Å². The Morgan fingerprint density at radius 2 is 1.85 bits per heavy atom. The number of halogens is 1. The summed E-state index contributed by atoms with van der Waals surface area (Å²) in [5, 5.41) is 6.98. The van der Waals surface area contributed by atoms with E-state index in [2.05, 4.69) is 31.4 Å². The fraction of sp³-hybridized carbons (Fsp3) is 0.172. The van der Waals surface area contributed by atoms with Gasteiger partial charge in [0.2, 0.25) is 0 Å². The largest absolute Gasteiger partial charge is 0.383 e. The molecule has 0 spiro atoms. The van der Waals surface area contributed by atoms with Crippen LogP contribution in [0.3, 0.4) is 0 Å². The maximum atomic E-state index is 13.7. The molecule has 1 saturated heterocycles. The molecule has 3 aromatic heterocycles. The van der Waals surface area contributed by atoms with E-state index in [0.717, 1.165) is 48.1 Å². The first-order valence-corrected chi connectivity index (χ1v) is 12.7. The summed E-state index contributed by atoms with van der Waals surface area (Å²) in [6, 6.07) is 16.3. The van der Waals surface area contributed by atoms with Crippen molar-refractivity contribution in [3.05, 3.63) is 101 Å². The number of hydrogen-bond donors (Lipinski definition) is 3. The molecule has 9 nitrogen and oxygen atoms in total. The van der Waals surface area contributed by atoms with Crippen LogP contribution in [-0.4, -0.2) is 38.1 Å². The van der Waals surface area contributed by atoms with Crippen molar-refractivity contribution < 1.29 is 9.18 Å². The standard InChI is InChI=1S/C29H26FN7O2/c30-19-3-1-4-22(15-19)36-14-2-5-23(29(36)39)28(38)35-20-8-6-18(7-9-20)24-16-37(21-10-12-32-13-11-21)27-25(24)26(31)33-17-34-27/h1-9,14-17,21,32H,10-13H2,(H,35,38)(H2,31,33,34). The van der Waals surface area contributed by atoms with E-state index in [1.165, 1.54) is 41.4 Å². The molecule has 0 saturated carbocycles. The number of rotatable bonds is 5. The highest BCUT2D eigenvalue weighted by Crippen LogP contribution is 2.36. The molecule has 0 unspecified atom stereocenters. The topological polar surface area (TPSA) is 120 Å². The van der Waals surface area contributed by atoms with Gasteiger partial charge in [-0.25, -0.2) is 14.4 Å². The van der Waals surface area contributed by atoms with Crippen molar-refractivity contribution in [1.29, 1.82) is 0 Å². The van der Waals surface area contributed by atoms with Gasteiger partial charge in [0.05, 0.1) is 11.1 Å². The number of nitrogens with two attached hydrogens (primary N) is 1. The van der Waals surface area contributed by atoms with Crippen LogP contribution in [0.5, 0.6) is 0 Å². The highest BCUT2D eigenvalue weighted by atomic mass is 19.1. The summed E-state index contributed by atoms with van der Waals surface area (Å²) >= 11 is 0. The van der Waals surface area contributed by atoms with Gasteiger partial charge in [-0.05, 0) is 74.0 Å². The van der Waals surface area contributed by atoms with Gasteiger partial charge in [-0.1, -0.05) is 18.2 Å². The summed E-state index contributed by atoms with van der Waals surface area (Å²) in [6.07, 6.45) is 7.07. The molecule has 0 atom stereocenters. The molecular formula is C29H26FN7O2. The minimum absolute atomic E-state index is 0.0548. The van der Waals surface area contributed by atoms with Gasteiger partial charge in [0.1, 0.15) is 29.2 Å². The van der Waals surface area contributed by atoms with Crippen molar-refractivity contribution in [2.75, 3.05) is 24.1 Å². The summed E-state index contributed by atoms with van der Waals surface area (Å²) < 4.78 is 17.1. The van der Waals surface area contributed by atoms with Crippen LogP contribution in [0.4, 0.5) is 15.9 Å². The predicted molar refractivity (Wildman–Crippen MR) is 148 cm³/mol. The van der Waals surface area contributed by atoms with Crippen molar-refractivity contribution in [3.8, 4) is 16.8 Å². The van der Waals surface area contributed by atoms with Gasteiger partial charge < -0.3 is 20.9 Å². The SMILES string of the molecule is Nc1ncnc2c1c(-c1ccc(NC(=O)c3cccn(-c4cccc(F)c4)c3=O)cc1)cn2C1CCNCC1. The number of amides is 1. The van der Waals surface area contributed by atoms with Gasteiger partial charge in [0, 0.05) is 29.7 Å². The Hall–Kier alpha value is -4.83. The van der Waals surface area contributed by atoms with E-state index < -0.39 is 17.3 Å². The van der Waals surface area contributed by atoms with Crippen LogP contribution < -0.4 is 21.9 Å². The average molecular weight is 524 g/mol. The number of aromatic nitrogens is 4. The number of piperidine rings is 1. The molecule has 0 radical (unpaired) electrons. The Bertz CT molecular complexity index is 1740. The third kappa shape index (κ3) is 4.66. The fourth-order valence-electron chi connectivity index (χ4n) is 5.12. The number of carbonyl (C=O) groups is 1. The molecular weight excluding hydrogens is 497 g/mol. The van der Waals surface area contributed by atoms with Gasteiger partial charge in [-0.3, -0.25) is 14.2 Å². The lowest BCUT2D eigenvalue weighted by Crippen LogP contribution is -2.29. The highest BCUT2D eigenvalue weighted by Gasteiger charge is 2.22. The second-order valence-corrected chi connectivity index (χ2v) is 9.50. The molecule has 5 aromatic rings. The first-order chi connectivity index (χ1) is 19.0. The fourth-order valence-corrected chi connectivity index (χ4v) is 5.12. The number of nitrogen functional groups attached to an aromatic ring is 1. The molecule has 4 heterocycles. The van der Waals surface area contributed by atoms with E-state index in [-0.39, 0.29) is 5.56 Å². The number of pyridine rings is 1. The molecule has 4 N–H and O–H groups in total. The summed E-state index contributed by atoms with van der Waals surface area (Å²) in [5.41, 5.74) is 9.18. The van der Waals surface area contributed by atoms with Crippen molar-refractivity contribution in [3.63, 3.8) is 0 Å². The van der Waals surface area contributed by atoms with E-state index >= 15 is 0 Å². The van der Waals surface area contributed by atoms with Crippen LogP contribution in [0.2, 0.25) is 0 Å². The first kappa shape index (κ1) is 24.5. The number of benzene rings is 2. The second kappa shape index (κ2) is 10.1. The number of hydrogen-bond acceptors (Lipinski definition) is 6. The van der Waals surface area contributed by atoms with E-state index in [0.29, 0.717) is 23.2 Å². The van der Waals surface area contributed by atoms with E-state index in [9.17, 15) is 14.0 Å². The van der Waals surface area contributed by atoms with Crippen LogP contribution >= 0.6 is 0 Å². The maximum absolute atomic E-state index is 13.7. The Labute approximate surface area is 223 Å². The zero-order valence-electron chi connectivity index (χ0n) is 21.0. The number of fused-ring (bicyclic) bond motifs is 1. The number of nitrogens with zero attached hydrogens (tertiary/aromatic N) is 4. The third-order valence-corrected chi connectivity index (χ3v) is 7.07. The third-order valence-electron chi connectivity index (χ3n) is 7.07. The number of nitrogens with one attached hydrogen (secondary N) is 2. The molecule has 2 aromatic carbocycles. The Kier molecular flexibility index (Phi) is 6.37. The first-order valence-electron chi connectivity index (χ1n) is 12.7. The molecule has 10 heteroatoms. The normalized spacial score (nSPS) is 14.0. The molecule has 0 bridgehead atoms. The number of anilines is 2. The highest BCUT2D eigenvalue weighted by molar-refractivity contribution is 6.04. The maximum Gasteiger partial charge on any atom is 0.267 e. The monoisotopic (exact) mass is 523 g/mol. The molecule has 1 amide bonds. The van der Waals surface area contributed by atoms with Crippen LogP contribution in [0.25, 0.3) is 27.8 Å². The van der Waals surface area contributed by atoms with Crippen LogP contribution in [-0.2, 0) is 0 Å². The van der Waals surface area contributed by atoms with Crippen molar-refractivity contribution in [2.45, 2.75) is 18.9 Å². The van der Waals surface area contributed by atoms with E-state index in [1.807, 2.05) is 12.1 Å². The molecule has 1 aliphatic heterocycles. The molecule has 6 rings (SSSR count). The zero-order valence-corrected chi connectivity index (χ0v) is 21.0. The van der Waals surface area contributed by atoms with Crippen LogP contribution in [0.15, 0.2) is 84.2 Å². The molecule has 0 aliphatic carbocycles. The summed E-state index contributed by atoms with van der Waals surface area (Å²) in [7, 11) is 0. The average Bonchev–Trinajstić information content (AvgIpc) is 3.35. The van der Waals surface area contributed by atoms with Crippen LogP contribution in [0.1, 0.15) is 29.2 Å². The minimum Gasteiger partial charge on any atom is -0.383 e. The van der Waals surface area contributed by atoms with Gasteiger partial charge >= 0.3 is 0 Å². The smallest absolute Gasteiger partial charge is 0.267 e. The predicted octanol–water partition coefficient (Wildman–Crippen LogP) is 4.15. The lowest BCUT2D eigenvalue weighted by molar-refractivity contribution is 0.102. The van der Waals surface area contributed by atoms with Gasteiger partial charge in [0.25, 0.3) is 11.5 Å². The summed E-state index contributed by atoms with van der Waals surface area (Å²) in [5.74, 6) is -0.612. The quantitative estimate of drug-likeness (QED) is 0.318. The van der Waals surface area contributed by atoms with E-state index in [4.69, 9.17) is 5.73 Å². The molecule has 1 fully saturated rings. The number of carbonyl (C=O) groups excluding carboxylic acids is 1. The molecule has 1 aliphatic rings. The lowest BCUT2D eigenvalue weighted by atomic mass is 10.1. The lowest BCUT2D eigenvalue weighted by Gasteiger charge is -2.24. The van der Waals surface area contributed by atoms with Gasteiger partial charge in [0.15, 0.2) is 0 Å². The Morgan fingerprint density at radius 3 is 2.62 bits per heavy atom. The van der Waals surface area contributed by atoms with Crippen LogP contribution in [0, 0.1) is 5.82 Å². The second-order valence-electron chi connectivity index (χ2n) is 9.50. The summed E-state index contributed by atoms with van der Waals surface area (Å²) in [6.45, 7) is 1.90. The zero-order chi connectivity index (χ0) is 26.9. The van der Waals surface area contributed by atoms with Crippen molar-refractivity contribution >= 4 is 28.4 Å². The van der Waals surface area contributed by atoms with Gasteiger partial charge in [-0.2, -0.15) is 0 Å². The molecule has 196 valence electrons.